The zero-order valence-electron chi connectivity index (χ0n) is 6.95. The first-order chi connectivity index (χ1) is 5.86. The second-order valence-corrected chi connectivity index (χ2v) is 3.33. The van der Waals surface area contributed by atoms with Gasteiger partial charge in [0.15, 0.2) is 0 Å². The molecule has 12 heavy (non-hydrogen) atoms. The average Bonchev–Trinajstić information content (AvgIpc) is 2.32. The molecule has 0 bridgehead atoms. The van der Waals surface area contributed by atoms with Crippen LogP contribution >= 0.6 is 0 Å². The van der Waals surface area contributed by atoms with Crippen molar-refractivity contribution in [2.24, 2.45) is 0 Å². The van der Waals surface area contributed by atoms with Crippen molar-refractivity contribution in [2.75, 3.05) is 0 Å². The normalized spacial score (nSPS) is 37.2. The molecule has 1 amide bonds. The van der Waals surface area contributed by atoms with Crippen LogP contribution in [0.1, 0.15) is 25.7 Å². The Balaban J connectivity index is 2.07. The van der Waals surface area contributed by atoms with Gasteiger partial charge in [0.25, 0.3) is 0 Å². The monoisotopic (exact) mass is 167 g/mol. The Labute approximate surface area is 71.8 Å². The van der Waals surface area contributed by atoms with E-state index in [0.717, 1.165) is 12.8 Å². The van der Waals surface area contributed by atoms with Crippen molar-refractivity contribution >= 4 is 6.09 Å². The van der Waals surface area contributed by atoms with Gasteiger partial charge in [0.05, 0.1) is 6.04 Å². The summed E-state index contributed by atoms with van der Waals surface area (Å²) in [5, 5.41) is 2.81. The lowest BCUT2D eigenvalue weighted by molar-refractivity contribution is 0.152. The first-order valence-corrected chi connectivity index (χ1v) is 4.50. The van der Waals surface area contributed by atoms with Crippen LogP contribution in [0.4, 0.5) is 4.79 Å². The van der Waals surface area contributed by atoms with E-state index in [1.165, 1.54) is 12.8 Å². The van der Waals surface area contributed by atoms with Crippen molar-refractivity contribution in [3.8, 4) is 0 Å². The topological polar surface area (TPSA) is 38.3 Å². The van der Waals surface area contributed by atoms with E-state index in [4.69, 9.17) is 4.74 Å². The Kier molecular flexibility index (Phi) is 2.02. The molecule has 1 heterocycles. The van der Waals surface area contributed by atoms with Crippen LogP contribution in [0.5, 0.6) is 0 Å². The summed E-state index contributed by atoms with van der Waals surface area (Å²) in [5.74, 6) is 0. The molecule has 0 aromatic rings. The highest BCUT2D eigenvalue weighted by molar-refractivity contribution is 5.70. The Morgan fingerprint density at radius 1 is 1.50 bits per heavy atom. The van der Waals surface area contributed by atoms with E-state index in [0.29, 0.717) is 0 Å². The zero-order chi connectivity index (χ0) is 8.39. The molecule has 2 atom stereocenters. The van der Waals surface area contributed by atoms with Crippen molar-refractivity contribution in [2.45, 2.75) is 37.8 Å². The predicted octanol–water partition coefficient (Wildman–Crippen LogP) is 1.59. The minimum Gasteiger partial charge on any atom is -0.440 e. The minimum absolute atomic E-state index is 0.0159. The average molecular weight is 167 g/mol. The van der Waals surface area contributed by atoms with E-state index < -0.39 is 0 Å². The van der Waals surface area contributed by atoms with Gasteiger partial charge in [0, 0.05) is 0 Å². The van der Waals surface area contributed by atoms with Gasteiger partial charge in [0.1, 0.15) is 6.10 Å². The number of nitrogens with one attached hydrogen (secondary N) is 1. The smallest absolute Gasteiger partial charge is 0.408 e. The SMILES string of the molecule is O=C1NC2CCCC/C=C/C2O1. The van der Waals surface area contributed by atoms with Crippen molar-refractivity contribution in [3.63, 3.8) is 0 Å². The second kappa shape index (κ2) is 3.17. The number of ether oxygens (including phenoxy) is 1. The van der Waals surface area contributed by atoms with Gasteiger partial charge >= 0.3 is 6.09 Å². The summed E-state index contributed by atoms with van der Waals surface area (Å²) in [6.45, 7) is 0. The van der Waals surface area contributed by atoms with E-state index in [-0.39, 0.29) is 18.2 Å². The molecule has 0 saturated carbocycles. The van der Waals surface area contributed by atoms with Crippen LogP contribution in [0.3, 0.4) is 0 Å². The summed E-state index contributed by atoms with van der Waals surface area (Å²) in [6.07, 6.45) is 8.37. The lowest BCUT2D eigenvalue weighted by atomic mass is 10.00. The lowest BCUT2D eigenvalue weighted by Crippen LogP contribution is -2.30. The van der Waals surface area contributed by atoms with Gasteiger partial charge in [-0.05, 0) is 25.3 Å². The summed E-state index contributed by atoms with van der Waals surface area (Å²) in [5.41, 5.74) is 0. The molecule has 1 N–H and O–H groups in total. The van der Waals surface area contributed by atoms with Crippen LogP contribution in [-0.2, 0) is 4.74 Å². The maximum absolute atomic E-state index is 10.9. The fourth-order valence-electron chi connectivity index (χ4n) is 1.74. The molecule has 0 radical (unpaired) electrons. The molecule has 2 aliphatic rings. The molecule has 1 aliphatic heterocycles. The van der Waals surface area contributed by atoms with E-state index in [1.807, 2.05) is 6.08 Å². The number of hydrogen-bond donors (Lipinski definition) is 1. The van der Waals surface area contributed by atoms with Gasteiger partial charge in [-0.1, -0.05) is 12.5 Å². The number of carbonyl (C=O) groups excluding carboxylic acids is 1. The van der Waals surface area contributed by atoms with Gasteiger partial charge in [-0.25, -0.2) is 4.79 Å². The summed E-state index contributed by atoms with van der Waals surface area (Å²) in [6, 6.07) is 0.217. The molecule has 3 heteroatoms. The van der Waals surface area contributed by atoms with Crippen LogP contribution in [-0.4, -0.2) is 18.2 Å². The van der Waals surface area contributed by atoms with Crippen LogP contribution in [0.2, 0.25) is 0 Å². The number of allylic oxidation sites excluding steroid dienone is 1. The molecule has 0 spiro atoms. The fraction of sp³-hybridized carbons (Fsp3) is 0.667. The molecule has 0 aromatic heterocycles. The number of rotatable bonds is 0. The van der Waals surface area contributed by atoms with Gasteiger partial charge in [-0.2, -0.15) is 0 Å². The largest absolute Gasteiger partial charge is 0.440 e. The number of carbonyl (C=O) groups is 1. The number of fused-ring (bicyclic) bond motifs is 1. The van der Waals surface area contributed by atoms with Gasteiger partial charge in [0.2, 0.25) is 0 Å². The van der Waals surface area contributed by atoms with Crippen molar-refractivity contribution in [1.29, 1.82) is 0 Å². The molecule has 2 rings (SSSR count). The molecular weight excluding hydrogens is 154 g/mol. The van der Waals surface area contributed by atoms with Gasteiger partial charge < -0.3 is 10.1 Å². The molecule has 0 aromatic carbocycles. The molecule has 66 valence electrons. The first kappa shape index (κ1) is 7.65. The zero-order valence-corrected chi connectivity index (χ0v) is 6.95. The molecule has 1 aliphatic carbocycles. The first-order valence-electron chi connectivity index (χ1n) is 4.50. The third-order valence-electron chi connectivity index (χ3n) is 2.40. The van der Waals surface area contributed by atoms with Gasteiger partial charge in [-0.3, -0.25) is 0 Å². The Morgan fingerprint density at radius 3 is 3.33 bits per heavy atom. The standard InChI is InChI=1S/C9H13NO2/c11-9-10-7-5-3-1-2-4-6-8(7)12-9/h4,6-8H,1-3,5H2,(H,10,11)/b6-4+. The summed E-state index contributed by atoms with van der Waals surface area (Å²) >= 11 is 0. The number of hydrogen-bond acceptors (Lipinski definition) is 2. The van der Waals surface area contributed by atoms with Crippen molar-refractivity contribution < 1.29 is 9.53 Å². The van der Waals surface area contributed by atoms with E-state index in [9.17, 15) is 4.79 Å². The van der Waals surface area contributed by atoms with Gasteiger partial charge in [-0.15, -0.1) is 0 Å². The predicted molar refractivity (Wildman–Crippen MR) is 44.8 cm³/mol. The van der Waals surface area contributed by atoms with Crippen molar-refractivity contribution in [3.05, 3.63) is 12.2 Å². The Morgan fingerprint density at radius 2 is 2.42 bits per heavy atom. The summed E-state index contributed by atoms with van der Waals surface area (Å²) in [7, 11) is 0. The van der Waals surface area contributed by atoms with Crippen LogP contribution < -0.4 is 5.32 Å². The molecule has 1 saturated heterocycles. The highest BCUT2D eigenvalue weighted by Crippen LogP contribution is 2.19. The lowest BCUT2D eigenvalue weighted by Gasteiger charge is -2.15. The van der Waals surface area contributed by atoms with Crippen molar-refractivity contribution in [1.82, 2.24) is 5.32 Å². The van der Waals surface area contributed by atoms with Crippen LogP contribution in [0.15, 0.2) is 12.2 Å². The van der Waals surface area contributed by atoms with Crippen LogP contribution in [0, 0.1) is 0 Å². The summed E-state index contributed by atoms with van der Waals surface area (Å²) < 4.78 is 5.06. The third kappa shape index (κ3) is 1.44. The molecule has 2 unspecified atom stereocenters. The minimum atomic E-state index is -0.267. The highest BCUT2D eigenvalue weighted by atomic mass is 16.6. The fourth-order valence-corrected chi connectivity index (χ4v) is 1.74. The molecule has 3 nitrogen and oxygen atoms in total. The van der Waals surface area contributed by atoms with E-state index in [2.05, 4.69) is 11.4 Å². The third-order valence-corrected chi connectivity index (χ3v) is 2.40. The van der Waals surface area contributed by atoms with E-state index in [1.54, 1.807) is 0 Å². The Hall–Kier alpha value is -0.990. The summed E-state index contributed by atoms with van der Waals surface area (Å²) in [4.78, 5) is 10.9. The second-order valence-electron chi connectivity index (χ2n) is 3.33. The Bertz CT molecular complexity index is 213. The quantitative estimate of drug-likeness (QED) is 0.556. The molecular formula is C9H13NO2. The van der Waals surface area contributed by atoms with Crippen LogP contribution in [0.25, 0.3) is 0 Å². The number of amides is 1. The molecule has 1 fully saturated rings. The number of alkyl carbamates (subject to hydrolysis) is 1. The highest BCUT2D eigenvalue weighted by Gasteiger charge is 2.31. The maximum Gasteiger partial charge on any atom is 0.408 e. The van der Waals surface area contributed by atoms with E-state index >= 15 is 0 Å². The maximum atomic E-state index is 10.9.